The van der Waals surface area contributed by atoms with Gasteiger partial charge in [-0.15, -0.1) is 0 Å². The van der Waals surface area contributed by atoms with Crippen molar-refractivity contribution in [1.29, 1.82) is 0 Å². The van der Waals surface area contributed by atoms with Crippen LogP contribution in [0.4, 0.5) is 0 Å². The van der Waals surface area contributed by atoms with Gasteiger partial charge in [0.2, 0.25) is 0 Å². The van der Waals surface area contributed by atoms with Gasteiger partial charge in [0.25, 0.3) is 0 Å². The van der Waals surface area contributed by atoms with Gasteiger partial charge in [0.15, 0.2) is 0 Å². The number of hydrogen-bond acceptors (Lipinski definition) is 3. The average Bonchev–Trinajstić information content (AvgIpc) is 2.85. The molecule has 0 radical (unpaired) electrons. The molecule has 1 N–H and O–H groups in total. The van der Waals surface area contributed by atoms with E-state index < -0.39 is 6.10 Å². The first-order valence-electron chi connectivity index (χ1n) is 6.83. The molecule has 0 aromatic carbocycles. The normalized spacial score (nSPS) is 23.8. The highest BCUT2D eigenvalue weighted by Gasteiger charge is 2.44. The van der Waals surface area contributed by atoms with E-state index in [1.807, 2.05) is 23.8 Å². The van der Waals surface area contributed by atoms with Crippen molar-refractivity contribution in [2.24, 2.45) is 5.41 Å². The Morgan fingerprint density at radius 3 is 2.50 bits per heavy atom. The Balaban J connectivity index is 2.17. The zero-order valence-corrected chi connectivity index (χ0v) is 12.4. The Labute approximate surface area is 114 Å². The van der Waals surface area contributed by atoms with Crippen LogP contribution < -0.4 is 0 Å². The van der Waals surface area contributed by atoms with E-state index in [4.69, 9.17) is 4.74 Å². The Hall–Kier alpha value is -0.380. The summed E-state index contributed by atoms with van der Waals surface area (Å²) in [7, 11) is 0. The van der Waals surface area contributed by atoms with Crippen LogP contribution in [0.2, 0.25) is 0 Å². The molecule has 1 atom stereocenters. The molecule has 1 fully saturated rings. The average molecular weight is 268 g/mol. The number of hydrogen-bond donors (Lipinski definition) is 1. The van der Waals surface area contributed by atoms with E-state index in [0.717, 1.165) is 31.2 Å². The molecule has 1 aromatic heterocycles. The van der Waals surface area contributed by atoms with E-state index in [0.29, 0.717) is 12.0 Å². The highest BCUT2D eigenvalue weighted by Crippen LogP contribution is 2.47. The molecule has 102 valence electrons. The largest absolute Gasteiger partial charge is 0.385 e. The highest BCUT2D eigenvalue weighted by molar-refractivity contribution is 7.07. The fourth-order valence-corrected chi connectivity index (χ4v) is 3.55. The number of rotatable bonds is 4. The molecule has 1 aliphatic rings. The minimum atomic E-state index is -0.486. The molecule has 1 unspecified atom stereocenters. The maximum atomic E-state index is 10.7. The van der Waals surface area contributed by atoms with E-state index in [1.54, 1.807) is 11.3 Å². The second kappa shape index (κ2) is 5.32. The molecule has 0 saturated heterocycles. The van der Waals surface area contributed by atoms with E-state index in [9.17, 15) is 5.11 Å². The van der Waals surface area contributed by atoms with Crippen molar-refractivity contribution in [1.82, 2.24) is 0 Å². The molecule has 1 aliphatic carbocycles. The molecule has 0 spiro atoms. The number of ether oxygens (including phenoxy) is 1. The van der Waals surface area contributed by atoms with Gasteiger partial charge in [-0.1, -0.05) is 13.8 Å². The van der Waals surface area contributed by atoms with Crippen molar-refractivity contribution in [2.45, 2.75) is 58.2 Å². The first-order valence-corrected chi connectivity index (χ1v) is 7.77. The number of thiophene rings is 1. The van der Waals surface area contributed by atoms with Gasteiger partial charge in [-0.05, 0) is 60.4 Å². The van der Waals surface area contributed by atoms with Crippen molar-refractivity contribution in [2.75, 3.05) is 6.61 Å². The number of aliphatic hydroxyl groups is 1. The van der Waals surface area contributed by atoms with Gasteiger partial charge >= 0.3 is 0 Å². The number of aliphatic hydroxyl groups excluding tert-OH is 1. The molecule has 0 bridgehead atoms. The van der Waals surface area contributed by atoms with Gasteiger partial charge in [0.05, 0.1) is 5.60 Å². The third kappa shape index (κ3) is 2.79. The van der Waals surface area contributed by atoms with Gasteiger partial charge in [-0.2, -0.15) is 11.3 Å². The van der Waals surface area contributed by atoms with Crippen LogP contribution >= 0.6 is 11.3 Å². The van der Waals surface area contributed by atoms with Crippen molar-refractivity contribution in [3.8, 4) is 0 Å². The maximum Gasteiger partial charge on any atom is 0.109 e. The summed E-state index contributed by atoms with van der Waals surface area (Å²) in [5, 5.41) is 14.7. The lowest BCUT2D eigenvalue weighted by Crippen LogP contribution is -2.44. The predicted octanol–water partition coefficient (Wildman–Crippen LogP) is 4.16. The van der Waals surface area contributed by atoms with Crippen molar-refractivity contribution < 1.29 is 9.84 Å². The molecule has 2 nitrogen and oxygen atoms in total. The van der Waals surface area contributed by atoms with E-state index in [1.165, 1.54) is 0 Å². The summed E-state index contributed by atoms with van der Waals surface area (Å²) in [6, 6.07) is 2.01. The minimum Gasteiger partial charge on any atom is -0.385 e. The molecular formula is C15H24O2S. The predicted molar refractivity (Wildman–Crippen MR) is 75.9 cm³/mol. The molecule has 3 heteroatoms. The third-order valence-corrected chi connectivity index (χ3v) is 4.94. The smallest absolute Gasteiger partial charge is 0.109 e. The fourth-order valence-electron chi connectivity index (χ4n) is 2.87. The van der Waals surface area contributed by atoms with Crippen LogP contribution in [-0.4, -0.2) is 17.3 Å². The summed E-state index contributed by atoms with van der Waals surface area (Å²) in [5.74, 6) is 0. The Morgan fingerprint density at radius 2 is 2.00 bits per heavy atom. The lowest BCUT2D eigenvalue weighted by molar-refractivity contribution is -0.153. The summed E-state index contributed by atoms with van der Waals surface area (Å²) in [6.07, 6.45) is 3.65. The Kier molecular flexibility index (Phi) is 4.15. The van der Waals surface area contributed by atoms with Gasteiger partial charge in [0, 0.05) is 6.61 Å². The van der Waals surface area contributed by atoms with Crippen molar-refractivity contribution in [3.05, 3.63) is 22.4 Å². The summed E-state index contributed by atoms with van der Waals surface area (Å²) in [5.41, 5.74) is 1.02. The van der Waals surface area contributed by atoms with Crippen LogP contribution in [0.3, 0.4) is 0 Å². The van der Waals surface area contributed by atoms with Gasteiger partial charge in [-0.3, -0.25) is 0 Å². The molecule has 0 amide bonds. The van der Waals surface area contributed by atoms with Crippen LogP contribution in [0.25, 0.3) is 0 Å². The first-order chi connectivity index (χ1) is 8.49. The lowest BCUT2D eigenvalue weighted by atomic mass is 9.68. The summed E-state index contributed by atoms with van der Waals surface area (Å²) < 4.78 is 6.00. The molecule has 18 heavy (non-hydrogen) atoms. The lowest BCUT2D eigenvalue weighted by Gasteiger charge is -2.45. The molecule has 0 aliphatic heterocycles. The van der Waals surface area contributed by atoms with Gasteiger partial charge in [-0.25, -0.2) is 0 Å². The van der Waals surface area contributed by atoms with Crippen LogP contribution in [-0.2, 0) is 4.74 Å². The quantitative estimate of drug-likeness (QED) is 0.888. The van der Waals surface area contributed by atoms with Crippen molar-refractivity contribution >= 4 is 11.3 Å². The van der Waals surface area contributed by atoms with Gasteiger partial charge in [0.1, 0.15) is 6.10 Å². The van der Waals surface area contributed by atoms with Crippen LogP contribution in [0.5, 0.6) is 0 Å². The monoisotopic (exact) mass is 268 g/mol. The van der Waals surface area contributed by atoms with Crippen LogP contribution in [0.1, 0.15) is 58.1 Å². The van der Waals surface area contributed by atoms with Crippen molar-refractivity contribution in [3.63, 3.8) is 0 Å². The highest BCUT2D eigenvalue weighted by atomic mass is 32.1. The summed E-state index contributed by atoms with van der Waals surface area (Å²) in [6.45, 7) is 7.29. The summed E-state index contributed by atoms with van der Waals surface area (Å²) >= 11 is 1.63. The molecule has 1 aromatic rings. The minimum absolute atomic E-state index is 0.370. The molecule has 2 rings (SSSR count). The van der Waals surface area contributed by atoms with Gasteiger partial charge < -0.3 is 9.84 Å². The molecule has 1 heterocycles. The Morgan fingerprint density at radius 1 is 1.33 bits per heavy atom. The molecule has 1 saturated carbocycles. The zero-order chi connectivity index (χ0) is 13.2. The standard InChI is InChI=1S/C15H24O2S/c1-4-17-15(8-6-14(2,3)7-9-15)13(16)12-5-10-18-11-12/h5,10-11,13,16H,4,6-9H2,1-3H3. The maximum absolute atomic E-state index is 10.7. The third-order valence-electron chi connectivity index (χ3n) is 4.24. The Bertz CT molecular complexity index is 360. The van der Waals surface area contributed by atoms with E-state index in [2.05, 4.69) is 13.8 Å². The fraction of sp³-hybridized carbons (Fsp3) is 0.733. The molecular weight excluding hydrogens is 244 g/mol. The topological polar surface area (TPSA) is 29.5 Å². The van der Waals surface area contributed by atoms with Crippen LogP contribution in [0, 0.1) is 5.41 Å². The van der Waals surface area contributed by atoms with Crippen LogP contribution in [0.15, 0.2) is 16.8 Å². The van der Waals surface area contributed by atoms with E-state index >= 15 is 0 Å². The SMILES string of the molecule is CCOC1(C(O)c2ccsc2)CCC(C)(C)CC1. The second-order valence-corrected chi connectivity index (χ2v) is 6.90. The zero-order valence-electron chi connectivity index (χ0n) is 11.6. The second-order valence-electron chi connectivity index (χ2n) is 6.12. The first kappa shape index (κ1) is 14.0. The summed E-state index contributed by atoms with van der Waals surface area (Å²) in [4.78, 5) is 0. The van der Waals surface area contributed by atoms with E-state index in [-0.39, 0.29) is 5.60 Å².